The topological polar surface area (TPSA) is 105 Å². The van der Waals surface area contributed by atoms with E-state index in [0.717, 1.165) is 0 Å². The minimum absolute atomic E-state index is 0.0966. The number of benzene rings is 1. The van der Waals surface area contributed by atoms with Gasteiger partial charge in [-0.25, -0.2) is 0 Å². The van der Waals surface area contributed by atoms with Crippen molar-refractivity contribution >= 4 is 23.5 Å². The summed E-state index contributed by atoms with van der Waals surface area (Å²) in [6, 6.07) is 6.17. The highest BCUT2D eigenvalue weighted by Crippen LogP contribution is 2.45. The van der Waals surface area contributed by atoms with Gasteiger partial charge >= 0.3 is 5.97 Å². The first kappa shape index (κ1) is 23.8. The molecule has 174 valence electrons. The second-order valence-corrected chi connectivity index (χ2v) is 8.11. The van der Waals surface area contributed by atoms with Gasteiger partial charge in [0.15, 0.2) is 0 Å². The van der Waals surface area contributed by atoms with Gasteiger partial charge in [-0.2, -0.15) is 0 Å². The normalized spacial score (nSPS) is 26.6. The number of esters is 1. The second-order valence-electron chi connectivity index (χ2n) is 8.11. The van der Waals surface area contributed by atoms with E-state index in [9.17, 15) is 19.5 Å². The molecule has 0 unspecified atom stereocenters. The van der Waals surface area contributed by atoms with Crippen molar-refractivity contribution in [1.82, 2.24) is 4.90 Å². The number of likely N-dealkylation sites (tertiary alicyclic amines) is 1. The minimum Gasteiger partial charge on any atom is -0.497 e. The van der Waals surface area contributed by atoms with Crippen LogP contribution in [0.2, 0.25) is 0 Å². The number of hydrogen-bond acceptors (Lipinski definition) is 6. The highest BCUT2D eigenvalue weighted by atomic mass is 16.5. The number of carbonyl (C=O) groups is 3. The van der Waals surface area contributed by atoms with Crippen LogP contribution in [0.5, 0.6) is 5.75 Å². The molecule has 1 aromatic rings. The monoisotopic (exact) mass is 444 g/mol. The van der Waals surface area contributed by atoms with Gasteiger partial charge in [0.05, 0.1) is 25.6 Å². The van der Waals surface area contributed by atoms with Crippen LogP contribution in [0.15, 0.2) is 36.4 Å². The van der Waals surface area contributed by atoms with Gasteiger partial charge in [0.2, 0.25) is 11.8 Å². The van der Waals surface area contributed by atoms with E-state index in [0.29, 0.717) is 24.3 Å². The van der Waals surface area contributed by atoms with Crippen LogP contribution in [0.25, 0.3) is 0 Å². The first-order valence-electron chi connectivity index (χ1n) is 11.2. The Hall–Kier alpha value is -2.87. The number of aliphatic hydroxyl groups is 1. The molecule has 2 N–H and O–H groups in total. The Morgan fingerprint density at radius 1 is 1.16 bits per heavy atom. The summed E-state index contributed by atoms with van der Waals surface area (Å²) in [6.45, 7) is 4.09. The molecular weight excluding hydrogens is 412 g/mol. The second kappa shape index (κ2) is 10.6. The highest BCUT2D eigenvalue weighted by Gasteiger charge is 2.57. The quantitative estimate of drug-likeness (QED) is 0.447. The number of anilines is 1. The van der Waals surface area contributed by atoms with Gasteiger partial charge in [0.1, 0.15) is 11.8 Å². The number of amides is 2. The van der Waals surface area contributed by atoms with Crippen molar-refractivity contribution in [3.05, 3.63) is 36.4 Å². The predicted molar refractivity (Wildman–Crippen MR) is 119 cm³/mol. The van der Waals surface area contributed by atoms with E-state index in [1.807, 2.05) is 19.1 Å². The molecule has 2 amide bonds. The molecular formula is C24H32N2O6. The molecule has 2 aliphatic rings. The Morgan fingerprint density at radius 3 is 2.47 bits per heavy atom. The lowest BCUT2D eigenvalue weighted by Gasteiger charge is -2.33. The van der Waals surface area contributed by atoms with Gasteiger partial charge in [-0.15, -0.1) is 0 Å². The summed E-state index contributed by atoms with van der Waals surface area (Å²) in [6.07, 6.45) is 4.89. The SMILES string of the molecule is CCOC(=O)[C@H]1[C@@H]2C(=O)N(CCCO)[C@H](C(=O)Nc3ccc(OC)cc3)[C@H]2C=C[C@H]1CC. The fraction of sp³-hybridized carbons (Fsp3) is 0.542. The van der Waals surface area contributed by atoms with Crippen molar-refractivity contribution in [3.8, 4) is 5.75 Å². The minimum atomic E-state index is -0.771. The van der Waals surface area contributed by atoms with Crippen LogP contribution < -0.4 is 10.1 Å². The molecule has 8 nitrogen and oxygen atoms in total. The predicted octanol–water partition coefficient (Wildman–Crippen LogP) is 2.23. The van der Waals surface area contributed by atoms with Crippen molar-refractivity contribution in [2.24, 2.45) is 23.7 Å². The van der Waals surface area contributed by atoms with E-state index in [1.165, 1.54) is 4.90 Å². The number of methoxy groups -OCH3 is 1. The first-order chi connectivity index (χ1) is 15.5. The molecule has 8 heteroatoms. The van der Waals surface area contributed by atoms with Crippen molar-refractivity contribution in [2.75, 3.05) is 32.2 Å². The van der Waals surface area contributed by atoms with E-state index < -0.39 is 29.8 Å². The number of nitrogens with zero attached hydrogens (tertiary/aromatic N) is 1. The zero-order valence-electron chi connectivity index (χ0n) is 18.8. The lowest BCUT2D eigenvalue weighted by molar-refractivity contribution is -0.155. The molecule has 0 bridgehead atoms. The van der Waals surface area contributed by atoms with Crippen LogP contribution in [0.4, 0.5) is 5.69 Å². The molecule has 1 aliphatic carbocycles. The summed E-state index contributed by atoms with van der Waals surface area (Å²) in [5.41, 5.74) is 0.585. The molecule has 0 aromatic heterocycles. The Bertz CT molecular complexity index is 853. The summed E-state index contributed by atoms with van der Waals surface area (Å²) in [5.74, 6) is -2.14. The fourth-order valence-corrected chi connectivity index (χ4v) is 4.82. The highest BCUT2D eigenvalue weighted by molar-refractivity contribution is 6.01. The zero-order chi connectivity index (χ0) is 23.3. The molecule has 0 radical (unpaired) electrons. The van der Waals surface area contributed by atoms with Crippen LogP contribution in [-0.4, -0.2) is 60.7 Å². The Labute approximate surface area is 188 Å². The van der Waals surface area contributed by atoms with Crippen LogP contribution >= 0.6 is 0 Å². The van der Waals surface area contributed by atoms with Gasteiger partial charge in [0.25, 0.3) is 0 Å². The molecule has 1 fully saturated rings. The van der Waals surface area contributed by atoms with Gasteiger partial charge in [-0.3, -0.25) is 14.4 Å². The van der Waals surface area contributed by atoms with Gasteiger partial charge < -0.3 is 24.8 Å². The van der Waals surface area contributed by atoms with Gasteiger partial charge in [-0.05, 0) is 49.9 Å². The number of ether oxygens (including phenoxy) is 2. The summed E-state index contributed by atoms with van der Waals surface area (Å²) < 4.78 is 10.5. The van der Waals surface area contributed by atoms with E-state index in [4.69, 9.17) is 9.47 Å². The third-order valence-electron chi connectivity index (χ3n) is 6.33. The summed E-state index contributed by atoms with van der Waals surface area (Å²) in [4.78, 5) is 41.2. The summed E-state index contributed by atoms with van der Waals surface area (Å²) in [5, 5.41) is 12.2. The third kappa shape index (κ3) is 4.65. The largest absolute Gasteiger partial charge is 0.497 e. The maximum Gasteiger partial charge on any atom is 0.310 e. The number of nitrogens with one attached hydrogen (secondary N) is 1. The Morgan fingerprint density at radius 2 is 1.88 bits per heavy atom. The van der Waals surface area contributed by atoms with Crippen molar-refractivity contribution < 1.29 is 29.0 Å². The Kier molecular flexibility index (Phi) is 7.90. The lowest BCUT2D eigenvalue weighted by Crippen LogP contribution is -2.44. The number of fused-ring (bicyclic) bond motifs is 1. The number of allylic oxidation sites excluding steroid dienone is 1. The molecule has 0 spiro atoms. The number of aliphatic hydroxyl groups excluding tert-OH is 1. The number of carbonyl (C=O) groups excluding carboxylic acids is 3. The molecule has 1 saturated heterocycles. The van der Waals surface area contributed by atoms with Gasteiger partial charge in [0, 0.05) is 24.8 Å². The average molecular weight is 445 g/mol. The zero-order valence-corrected chi connectivity index (χ0v) is 18.8. The van der Waals surface area contributed by atoms with Crippen molar-refractivity contribution in [3.63, 3.8) is 0 Å². The first-order valence-corrected chi connectivity index (χ1v) is 11.2. The lowest BCUT2D eigenvalue weighted by atomic mass is 9.69. The molecule has 1 aliphatic heterocycles. The average Bonchev–Trinajstić information content (AvgIpc) is 3.09. The number of hydrogen-bond donors (Lipinski definition) is 2. The van der Waals surface area contributed by atoms with Crippen LogP contribution in [0.3, 0.4) is 0 Å². The maximum atomic E-state index is 13.5. The van der Waals surface area contributed by atoms with Crippen molar-refractivity contribution in [2.45, 2.75) is 32.7 Å². The summed E-state index contributed by atoms with van der Waals surface area (Å²) >= 11 is 0. The van der Waals surface area contributed by atoms with Crippen molar-refractivity contribution in [1.29, 1.82) is 0 Å². The van der Waals surface area contributed by atoms with E-state index >= 15 is 0 Å². The maximum absolute atomic E-state index is 13.5. The summed E-state index contributed by atoms with van der Waals surface area (Å²) in [7, 11) is 1.57. The molecule has 5 atom stereocenters. The number of rotatable bonds is 9. The molecule has 1 aromatic carbocycles. The van der Waals surface area contributed by atoms with Crippen LogP contribution in [-0.2, 0) is 19.1 Å². The molecule has 1 heterocycles. The van der Waals surface area contributed by atoms with E-state index in [1.54, 1.807) is 38.3 Å². The third-order valence-corrected chi connectivity index (χ3v) is 6.33. The standard InChI is InChI=1S/C24H32N2O6/c1-4-15-7-12-18-20(19(15)24(30)32-5-2)23(29)26(13-6-14-27)21(18)22(28)25-16-8-10-17(31-3)11-9-16/h7-12,15,18-21,27H,4-6,13-14H2,1-3H3,(H,25,28)/t15-,18+,19-,20-,21+/m1/s1. The van der Waals surface area contributed by atoms with E-state index in [-0.39, 0.29) is 37.5 Å². The van der Waals surface area contributed by atoms with Crippen LogP contribution in [0, 0.1) is 23.7 Å². The smallest absolute Gasteiger partial charge is 0.310 e. The molecule has 32 heavy (non-hydrogen) atoms. The molecule has 0 saturated carbocycles. The van der Waals surface area contributed by atoms with Crippen LogP contribution in [0.1, 0.15) is 26.7 Å². The molecule has 3 rings (SSSR count). The Balaban J connectivity index is 1.92. The fourth-order valence-electron chi connectivity index (χ4n) is 4.82. The van der Waals surface area contributed by atoms with E-state index in [2.05, 4.69) is 5.32 Å². The van der Waals surface area contributed by atoms with Gasteiger partial charge in [-0.1, -0.05) is 19.1 Å².